The van der Waals surface area contributed by atoms with E-state index in [0.29, 0.717) is 54.8 Å². The molecule has 0 saturated heterocycles. The highest BCUT2D eigenvalue weighted by Gasteiger charge is 3.12. The van der Waals surface area contributed by atoms with Gasteiger partial charge in [-0.15, -0.1) is 0 Å². The lowest BCUT2D eigenvalue weighted by Gasteiger charge is -3.09. The zero-order chi connectivity index (χ0) is 17.9. The molecule has 9 aliphatic carbocycles. The summed E-state index contributed by atoms with van der Waals surface area (Å²) in [4.78, 5) is 38.3. The summed E-state index contributed by atoms with van der Waals surface area (Å²) in [5.41, 5.74) is -1.40. The minimum absolute atomic E-state index is 0.0230. The summed E-state index contributed by atoms with van der Waals surface area (Å²) in [5.74, 6) is 2.69. The van der Waals surface area contributed by atoms with Crippen molar-refractivity contribution in [3.05, 3.63) is 0 Å². The fourth-order valence-corrected chi connectivity index (χ4v) is 9.36. The van der Waals surface area contributed by atoms with Crippen LogP contribution in [-0.2, 0) is 23.9 Å². The SMILES string of the molecule is COC(=O)C12C3C4C1C1C2C3C41NC(=O)C12CCC(OC)(CC1)CC2=O. The van der Waals surface area contributed by atoms with E-state index in [4.69, 9.17) is 9.47 Å². The average Bonchev–Trinajstić information content (AvgIpc) is 2.68. The quantitative estimate of drug-likeness (QED) is 0.591. The molecule has 0 aromatic rings. The summed E-state index contributed by atoms with van der Waals surface area (Å²) < 4.78 is 10.7. The van der Waals surface area contributed by atoms with Crippen LogP contribution in [0.25, 0.3) is 0 Å². The largest absolute Gasteiger partial charge is 0.469 e. The first kappa shape index (κ1) is 14.6. The van der Waals surface area contributed by atoms with Gasteiger partial charge in [0, 0.05) is 13.5 Å². The van der Waals surface area contributed by atoms with Crippen molar-refractivity contribution in [2.24, 2.45) is 46.3 Å². The monoisotopic (exact) mass is 357 g/mol. The van der Waals surface area contributed by atoms with Crippen molar-refractivity contribution in [2.75, 3.05) is 14.2 Å². The van der Waals surface area contributed by atoms with Crippen LogP contribution in [-0.4, -0.2) is 43.0 Å². The highest BCUT2D eigenvalue weighted by atomic mass is 16.5. The summed E-state index contributed by atoms with van der Waals surface area (Å²) >= 11 is 0. The predicted molar refractivity (Wildman–Crippen MR) is 86.5 cm³/mol. The molecule has 1 amide bonds. The standard InChI is InChI=1S/C20H23NO5/c1-25-16(24)19-9-12-10(19)14-11(19)13(9)20(12,14)21-15(23)18-5-3-17(26-2,4-6-18)7-8(18)22/h9-14H,3-7H2,1-2H3,(H,21,23). The van der Waals surface area contributed by atoms with Gasteiger partial charge < -0.3 is 14.8 Å². The van der Waals surface area contributed by atoms with Crippen molar-refractivity contribution in [2.45, 2.75) is 43.2 Å². The van der Waals surface area contributed by atoms with Gasteiger partial charge in [-0.2, -0.15) is 0 Å². The Morgan fingerprint density at radius 2 is 1.54 bits per heavy atom. The average molecular weight is 357 g/mol. The highest BCUT2D eigenvalue weighted by molar-refractivity contribution is 6.08. The van der Waals surface area contributed by atoms with Crippen molar-refractivity contribution in [1.29, 1.82) is 0 Å². The van der Waals surface area contributed by atoms with Crippen molar-refractivity contribution in [1.82, 2.24) is 5.32 Å². The number of amides is 1. The molecule has 26 heavy (non-hydrogen) atoms. The maximum absolute atomic E-state index is 13.3. The van der Waals surface area contributed by atoms with E-state index in [1.54, 1.807) is 7.11 Å². The molecule has 6 nitrogen and oxygen atoms in total. The van der Waals surface area contributed by atoms with Crippen molar-refractivity contribution in [3.8, 4) is 0 Å². The van der Waals surface area contributed by atoms with E-state index in [0.717, 1.165) is 12.8 Å². The molecule has 0 heterocycles. The molecule has 0 unspecified atom stereocenters. The molecule has 2 bridgehead atoms. The molecule has 0 radical (unpaired) electrons. The number of ketones is 1. The van der Waals surface area contributed by atoms with E-state index < -0.39 is 5.41 Å². The van der Waals surface area contributed by atoms with Crippen molar-refractivity contribution >= 4 is 17.7 Å². The Kier molecular flexibility index (Phi) is 2.04. The molecular formula is C20H23NO5. The molecule has 9 fully saturated rings. The summed E-state index contributed by atoms with van der Waals surface area (Å²) in [7, 11) is 3.16. The van der Waals surface area contributed by atoms with E-state index in [-0.39, 0.29) is 34.2 Å². The molecule has 9 saturated carbocycles. The zero-order valence-corrected chi connectivity index (χ0v) is 15.0. The third kappa shape index (κ3) is 0.942. The van der Waals surface area contributed by atoms with Gasteiger partial charge in [-0.1, -0.05) is 0 Å². The first-order chi connectivity index (χ1) is 12.4. The number of nitrogens with one attached hydrogen (secondary N) is 1. The molecule has 0 atom stereocenters. The Balaban J connectivity index is 1.13. The first-order valence-electron chi connectivity index (χ1n) is 9.94. The van der Waals surface area contributed by atoms with Crippen LogP contribution < -0.4 is 5.32 Å². The first-order valence-corrected chi connectivity index (χ1v) is 9.94. The fraction of sp³-hybridized carbons (Fsp3) is 0.850. The second kappa shape index (κ2) is 3.62. The fourth-order valence-electron chi connectivity index (χ4n) is 9.36. The van der Waals surface area contributed by atoms with Crippen LogP contribution in [0.5, 0.6) is 0 Å². The summed E-state index contributed by atoms with van der Waals surface area (Å²) in [6.45, 7) is 0. The van der Waals surface area contributed by atoms with E-state index in [2.05, 4.69) is 5.32 Å². The van der Waals surface area contributed by atoms with Crippen LogP contribution in [0.1, 0.15) is 32.1 Å². The third-order valence-electron chi connectivity index (χ3n) is 10.4. The van der Waals surface area contributed by atoms with E-state index >= 15 is 0 Å². The van der Waals surface area contributed by atoms with Gasteiger partial charge in [0.05, 0.1) is 23.7 Å². The second-order valence-corrected chi connectivity index (χ2v) is 10.0. The molecule has 9 aliphatic rings. The third-order valence-corrected chi connectivity index (χ3v) is 10.4. The van der Waals surface area contributed by atoms with Crippen LogP contribution in [0.3, 0.4) is 0 Å². The Hall–Kier alpha value is -1.43. The number of fused-ring (bicyclic) bond motifs is 3. The van der Waals surface area contributed by atoms with Crippen LogP contribution in [0, 0.1) is 46.3 Å². The number of esters is 1. The number of ether oxygens (including phenoxy) is 2. The van der Waals surface area contributed by atoms with Crippen molar-refractivity contribution in [3.63, 3.8) is 0 Å². The lowest BCUT2D eigenvalue weighted by Crippen LogP contribution is -3.16. The molecule has 0 aromatic heterocycles. The Labute approximate surface area is 151 Å². The molecule has 6 heteroatoms. The predicted octanol–water partition coefficient (Wildman–Crippen LogP) is 0.684. The van der Waals surface area contributed by atoms with Gasteiger partial charge in [-0.3, -0.25) is 14.4 Å². The van der Waals surface area contributed by atoms with Gasteiger partial charge >= 0.3 is 5.97 Å². The molecule has 0 aromatic carbocycles. The number of carbonyl (C=O) groups is 3. The Morgan fingerprint density at radius 1 is 0.962 bits per heavy atom. The maximum atomic E-state index is 13.3. The van der Waals surface area contributed by atoms with Gasteiger partial charge in [0.1, 0.15) is 5.41 Å². The molecule has 9 rings (SSSR count). The Bertz CT molecular complexity index is 769. The van der Waals surface area contributed by atoms with Crippen LogP contribution in [0.15, 0.2) is 0 Å². The Morgan fingerprint density at radius 3 is 2.00 bits per heavy atom. The normalized spacial score (nSPS) is 63.4. The molecule has 0 spiro atoms. The smallest absolute Gasteiger partial charge is 0.312 e. The van der Waals surface area contributed by atoms with Crippen molar-refractivity contribution < 1.29 is 23.9 Å². The number of hydrogen-bond donors (Lipinski definition) is 1. The number of Topliss-reactive ketones (excluding diaryl/α,β-unsaturated/α-hetero) is 1. The number of hydrogen-bond acceptors (Lipinski definition) is 5. The topological polar surface area (TPSA) is 81.7 Å². The van der Waals surface area contributed by atoms with Gasteiger partial charge in [0.2, 0.25) is 5.91 Å². The summed E-state index contributed by atoms with van der Waals surface area (Å²) in [6.07, 6.45) is 3.20. The highest BCUT2D eigenvalue weighted by Crippen LogP contribution is 3.07. The van der Waals surface area contributed by atoms with Gasteiger partial charge in [0.25, 0.3) is 0 Å². The van der Waals surface area contributed by atoms with Crippen LogP contribution in [0.4, 0.5) is 0 Å². The van der Waals surface area contributed by atoms with E-state index in [1.807, 2.05) is 0 Å². The minimum Gasteiger partial charge on any atom is -0.469 e. The molecular weight excluding hydrogens is 334 g/mol. The minimum atomic E-state index is -0.824. The van der Waals surface area contributed by atoms with Gasteiger partial charge in [0.15, 0.2) is 5.78 Å². The zero-order valence-electron chi connectivity index (χ0n) is 15.0. The number of methoxy groups -OCH3 is 2. The molecule has 0 aliphatic heterocycles. The number of carbonyl (C=O) groups excluding carboxylic acids is 3. The van der Waals surface area contributed by atoms with Gasteiger partial charge in [-0.25, -0.2) is 0 Å². The van der Waals surface area contributed by atoms with Crippen LogP contribution >= 0.6 is 0 Å². The summed E-state index contributed by atoms with van der Waals surface area (Å²) in [5, 5.41) is 3.38. The van der Waals surface area contributed by atoms with Crippen LogP contribution in [0.2, 0.25) is 0 Å². The van der Waals surface area contributed by atoms with Gasteiger partial charge in [-0.05, 0) is 61.2 Å². The second-order valence-electron chi connectivity index (χ2n) is 10.0. The lowest BCUT2D eigenvalue weighted by molar-refractivity contribution is -0.609. The van der Waals surface area contributed by atoms with E-state index in [1.165, 1.54) is 7.11 Å². The molecule has 1 N–H and O–H groups in total. The lowest BCUT2D eigenvalue weighted by atomic mass is 8.94. The summed E-state index contributed by atoms with van der Waals surface area (Å²) in [6, 6.07) is 0. The van der Waals surface area contributed by atoms with E-state index in [9.17, 15) is 14.4 Å². The maximum Gasteiger partial charge on any atom is 0.312 e. The molecule has 138 valence electrons. The number of rotatable bonds is 4.